The SMILES string of the molecule is Cc1cc([C@H]2[C@H](N)CCN2C(C)C)c(C)[nH]1. The molecule has 1 aliphatic heterocycles. The van der Waals surface area contributed by atoms with Crippen LogP contribution in [0.2, 0.25) is 0 Å². The van der Waals surface area contributed by atoms with E-state index >= 15 is 0 Å². The molecule has 0 saturated carbocycles. The lowest BCUT2D eigenvalue weighted by Gasteiger charge is -2.30. The minimum Gasteiger partial charge on any atom is -0.362 e. The van der Waals surface area contributed by atoms with Gasteiger partial charge >= 0.3 is 0 Å². The van der Waals surface area contributed by atoms with E-state index in [1.165, 1.54) is 17.0 Å². The monoisotopic (exact) mass is 221 g/mol. The first-order valence-electron chi connectivity index (χ1n) is 6.18. The molecule has 1 saturated heterocycles. The quantitative estimate of drug-likeness (QED) is 0.803. The van der Waals surface area contributed by atoms with Gasteiger partial charge in [-0.15, -0.1) is 0 Å². The minimum absolute atomic E-state index is 0.274. The van der Waals surface area contributed by atoms with Crippen LogP contribution >= 0.6 is 0 Å². The summed E-state index contributed by atoms with van der Waals surface area (Å²) in [4.78, 5) is 5.90. The van der Waals surface area contributed by atoms with Gasteiger partial charge in [0, 0.05) is 30.0 Å². The molecular weight excluding hydrogens is 198 g/mol. The summed E-state index contributed by atoms with van der Waals surface area (Å²) in [7, 11) is 0. The Morgan fingerprint density at radius 1 is 1.44 bits per heavy atom. The van der Waals surface area contributed by atoms with Gasteiger partial charge in [0.15, 0.2) is 0 Å². The lowest BCUT2D eigenvalue weighted by molar-refractivity contribution is 0.198. The molecule has 0 bridgehead atoms. The molecule has 0 amide bonds. The molecule has 1 aromatic heterocycles. The molecule has 0 aliphatic carbocycles. The van der Waals surface area contributed by atoms with E-state index in [2.05, 4.69) is 43.6 Å². The van der Waals surface area contributed by atoms with E-state index in [0.717, 1.165) is 13.0 Å². The molecule has 0 spiro atoms. The van der Waals surface area contributed by atoms with Crippen molar-refractivity contribution in [3.8, 4) is 0 Å². The van der Waals surface area contributed by atoms with Crippen LogP contribution < -0.4 is 5.73 Å². The summed E-state index contributed by atoms with van der Waals surface area (Å²) in [6, 6.07) is 3.48. The van der Waals surface area contributed by atoms with Crippen molar-refractivity contribution in [2.45, 2.75) is 52.2 Å². The first-order valence-corrected chi connectivity index (χ1v) is 6.18. The number of aromatic amines is 1. The number of H-pyrrole nitrogens is 1. The molecule has 0 aromatic carbocycles. The summed E-state index contributed by atoms with van der Waals surface area (Å²) >= 11 is 0. The van der Waals surface area contributed by atoms with Crippen molar-refractivity contribution in [1.29, 1.82) is 0 Å². The number of hydrogen-bond donors (Lipinski definition) is 2. The van der Waals surface area contributed by atoms with Crippen LogP contribution in [0.25, 0.3) is 0 Å². The molecule has 90 valence electrons. The van der Waals surface area contributed by atoms with Gasteiger partial charge < -0.3 is 10.7 Å². The smallest absolute Gasteiger partial charge is 0.0520 e. The third-order valence-electron chi connectivity index (χ3n) is 3.66. The zero-order valence-corrected chi connectivity index (χ0v) is 10.7. The maximum atomic E-state index is 6.26. The molecule has 1 aromatic rings. The summed E-state index contributed by atoms with van der Waals surface area (Å²) in [6.07, 6.45) is 1.10. The minimum atomic E-state index is 0.274. The van der Waals surface area contributed by atoms with Gasteiger partial charge in [-0.05, 0) is 45.7 Å². The zero-order valence-electron chi connectivity index (χ0n) is 10.7. The summed E-state index contributed by atoms with van der Waals surface area (Å²) < 4.78 is 0. The second kappa shape index (κ2) is 4.22. The molecule has 2 rings (SSSR count). The van der Waals surface area contributed by atoms with E-state index < -0.39 is 0 Å². The van der Waals surface area contributed by atoms with Crippen molar-refractivity contribution < 1.29 is 0 Å². The molecule has 1 fully saturated rings. The van der Waals surface area contributed by atoms with E-state index in [1.54, 1.807) is 0 Å². The van der Waals surface area contributed by atoms with E-state index in [4.69, 9.17) is 5.73 Å². The molecule has 3 heteroatoms. The number of aromatic nitrogens is 1. The van der Waals surface area contributed by atoms with Crippen molar-refractivity contribution in [2.24, 2.45) is 5.73 Å². The summed E-state index contributed by atoms with van der Waals surface area (Å²) in [5, 5.41) is 0. The first kappa shape index (κ1) is 11.7. The van der Waals surface area contributed by atoms with Crippen molar-refractivity contribution in [1.82, 2.24) is 9.88 Å². The van der Waals surface area contributed by atoms with Crippen molar-refractivity contribution >= 4 is 0 Å². The normalized spacial score (nSPS) is 26.9. The van der Waals surface area contributed by atoms with Crippen LogP contribution in [0, 0.1) is 13.8 Å². The van der Waals surface area contributed by atoms with Gasteiger partial charge in [-0.3, -0.25) is 4.90 Å². The highest BCUT2D eigenvalue weighted by Gasteiger charge is 2.35. The Hall–Kier alpha value is -0.800. The fourth-order valence-corrected chi connectivity index (χ4v) is 2.88. The maximum absolute atomic E-state index is 6.26. The van der Waals surface area contributed by atoms with E-state index in [9.17, 15) is 0 Å². The van der Waals surface area contributed by atoms with Crippen LogP contribution in [-0.2, 0) is 0 Å². The lowest BCUT2D eigenvalue weighted by atomic mass is 10.0. The Morgan fingerprint density at radius 2 is 2.12 bits per heavy atom. The Kier molecular flexibility index (Phi) is 3.08. The van der Waals surface area contributed by atoms with E-state index in [0.29, 0.717) is 12.1 Å². The van der Waals surface area contributed by atoms with Gasteiger partial charge in [-0.2, -0.15) is 0 Å². The highest BCUT2D eigenvalue weighted by molar-refractivity contribution is 5.30. The fraction of sp³-hybridized carbons (Fsp3) is 0.692. The standard InChI is InChI=1S/C13H23N3/c1-8(2)16-6-5-12(14)13(16)11-7-9(3)15-10(11)4/h7-8,12-13,15H,5-6,14H2,1-4H3/t12-,13+/m1/s1. The number of likely N-dealkylation sites (tertiary alicyclic amines) is 1. The van der Waals surface area contributed by atoms with Gasteiger partial charge in [-0.1, -0.05) is 0 Å². The Balaban J connectivity index is 2.33. The Morgan fingerprint density at radius 3 is 2.62 bits per heavy atom. The van der Waals surface area contributed by atoms with Crippen molar-refractivity contribution in [3.05, 3.63) is 23.0 Å². The third-order valence-corrected chi connectivity index (χ3v) is 3.66. The molecule has 1 aliphatic rings. The molecule has 3 nitrogen and oxygen atoms in total. The average Bonchev–Trinajstić information content (AvgIpc) is 2.69. The topological polar surface area (TPSA) is 45.0 Å². The molecule has 16 heavy (non-hydrogen) atoms. The Labute approximate surface area is 98.0 Å². The number of rotatable bonds is 2. The fourth-order valence-electron chi connectivity index (χ4n) is 2.88. The molecular formula is C13H23N3. The third kappa shape index (κ3) is 1.89. The van der Waals surface area contributed by atoms with Crippen LogP contribution in [-0.4, -0.2) is 28.5 Å². The number of nitrogens with zero attached hydrogens (tertiary/aromatic N) is 1. The van der Waals surface area contributed by atoms with Gasteiger partial charge in [-0.25, -0.2) is 0 Å². The van der Waals surface area contributed by atoms with Crippen LogP contribution in [0.15, 0.2) is 6.07 Å². The van der Waals surface area contributed by atoms with Crippen molar-refractivity contribution in [2.75, 3.05) is 6.54 Å². The molecule has 2 atom stereocenters. The zero-order chi connectivity index (χ0) is 11.9. The predicted molar refractivity (Wildman–Crippen MR) is 67.4 cm³/mol. The largest absolute Gasteiger partial charge is 0.362 e. The lowest BCUT2D eigenvalue weighted by Crippen LogP contribution is -2.36. The van der Waals surface area contributed by atoms with E-state index in [1.807, 2.05) is 0 Å². The average molecular weight is 221 g/mol. The van der Waals surface area contributed by atoms with Crippen LogP contribution in [0.1, 0.15) is 43.3 Å². The van der Waals surface area contributed by atoms with Crippen LogP contribution in [0.5, 0.6) is 0 Å². The number of nitrogens with one attached hydrogen (secondary N) is 1. The summed E-state index contributed by atoms with van der Waals surface area (Å²) in [5.74, 6) is 0. The highest BCUT2D eigenvalue weighted by atomic mass is 15.2. The van der Waals surface area contributed by atoms with Gasteiger partial charge in [0.2, 0.25) is 0 Å². The van der Waals surface area contributed by atoms with Gasteiger partial charge in [0.25, 0.3) is 0 Å². The van der Waals surface area contributed by atoms with Crippen LogP contribution in [0.4, 0.5) is 0 Å². The number of aryl methyl sites for hydroxylation is 2. The molecule has 3 N–H and O–H groups in total. The van der Waals surface area contributed by atoms with Crippen molar-refractivity contribution in [3.63, 3.8) is 0 Å². The molecule has 2 heterocycles. The maximum Gasteiger partial charge on any atom is 0.0520 e. The number of nitrogens with two attached hydrogens (primary N) is 1. The Bertz CT molecular complexity index is 367. The molecule has 0 radical (unpaired) electrons. The van der Waals surface area contributed by atoms with Crippen LogP contribution in [0.3, 0.4) is 0 Å². The van der Waals surface area contributed by atoms with E-state index in [-0.39, 0.29) is 6.04 Å². The van der Waals surface area contributed by atoms with Gasteiger partial charge in [0.05, 0.1) is 6.04 Å². The second-order valence-electron chi connectivity index (χ2n) is 5.26. The summed E-state index contributed by atoms with van der Waals surface area (Å²) in [5.41, 5.74) is 10.1. The molecule has 0 unspecified atom stereocenters. The first-order chi connectivity index (χ1) is 7.50. The number of hydrogen-bond acceptors (Lipinski definition) is 2. The highest BCUT2D eigenvalue weighted by Crippen LogP contribution is 2.34. The second-order valence-corrected chi connectivity index (χ2v) is 5.26. The predicted octanol–water partition coefficient (Wildman–Crippen LogP) is 2.11. The van der Waals surface area contributed by atoms with Gasteiger partial charge in [0.1, 0.15) is 0 Å². The summed E-state index contributed by atoms with van der Waals surface area (Å²) in [6.45, 7) is 9.87.